The van der Waals surface area contributed by atoms with Crippen molar-refractivity contribution in [2.45, 2.75) is 38.7 Å². The fraction of sp³-hybridized carbons (Fsp3) is 0.435. The fourth-order valence-electron chi connectivity index (χ4n) is 3.75. The molecule has 1 fully saturated rings. The van der Waals surface area contributed by atoms with Crippen LogP contribution in [-0.4, -0.2) is 36.5 Å². The molecule has 0 bridgehead atoms. The Morgan fingerprint density at radius 2 is 1.90 bits per heavy atom. The number of rotatable bonds is 6. The van der Waals surface area contributed by atoms with Crippen molar-refractivity contribution in [3.8, 4) is 0 Å². The van der Waals surface area contributed by atoms with Crippen molar-refractivity contribution in [1.82, 2.24) is 10.2 Å². The normalized spacial score (nSPS) is 18.1. The summed E-state index contributed by atoms with van der Waals surface area (Å²) in [4.78, 5) is 14.9. The van der Waals surface area contributed by atoms with E-state index in [0.29, 0.717) is 18.5 Å². The molecule has 0 radical (unpaired) electrons. The maximum Gasteiger partial charge on any atom is 0.298 e. The summed E-state index contributed by atoms with van der Waals surface area (Å²) >= 11 is 0. The summed E-state index contributed by atoms with van der Waals surface area (Å²) in [5.41, 5.74) is -0.409. The van der Waals surface area contributed by atoms with Crippen LogP contribution in [0.1, 0.15) is 48.2 Å². The van der Waals surface area contributed by atoms with Crippen LogP contribution in [0, 0.1) is 11.7 Å². The van der Waals surface area contributed by atoms with Crippen LogP contribution < -0.4 is 5.32 Å². The number of halogens is 3. The summed E-state index contributed by atoms with van der Waals surface area (Å²) in [6.45, 7) is 6.85. The van der Waals surface area contributed by atoms with Crippen LogP contribution >= 0.6 is 0 Å². The van der Waals surface area contributed by atoms with Gasteiger partial charge in [0.05, 0.1) is 0 Å². The van der Waals surface area contributed by atoms with Crippen molar-refractivity contribution in [3.05, 3.63) is 71.0 Å². The Kier molecular flexibility index (Phi) is 6.63. The molecule has 1 atom stereocenters. The van der Waals surface area contributed by atoms with E-state index in [4.69, 9.17) is 0 Å². The number of nitrogens with zero attached hydrogens (tertiary/aromatic N) is 1. The molecule has 1 aliphatic heterocycles. The van der Waals surface area contributed by atoms with Crippen molar-refractivity contribution < 1.29 is 18.0 Å². The number of carbonyl (C=O) groups is 1. The first kappa shape index (κ1) is 21.4. The van der Waals surface area contributed by atoms with E-state index < -0.39 is 11.7 Å². The Labute approximate surface area is 169 Å². The van der Waals surface area contributed by atoms with Gasteiger partial charge in [0.15, 0.2) is 0 Å². The van der Waals surface area contributed by atoms with Gasteiger partial charge in [0.25, 0.3) is 11.8 Å². The molecular weight excluding hydrogens is 377 g/mol. The molecule has 29 heavy (non-hydrogen) atoms. The highest BCUT2D eigenvalue weighted by Gasteiger charge is 2.34. The Morgan fingerprint density at radius 3 is 2.59 bits per heavy atom. The zero-order valence-corrected chi connectivity index (χ0v) is 16.8. The first-order chi connectivity index (χ1) is 13.8. The largest absolute Gasteiger partial charge is 0.352 e. The lowest BCUT2D eigenvalue weighted by atomic mass is 9.96. The predicted molar refractivity (Wildman–Crippen MR) is 108 cm³/mol. The van der Waals surface area contributed by atoms with E-state index in [1.165, 1.54) is 24.3 Å². The summed E-state index contributed by atoms with van der Waals surface area (Å²) in [7, 11) is 0. The van der Waals surface area contributed by atoms with Crippen LogP contribution in [0.4, 0.5) is 13.2 Å². The molecule has 0 aliphatic carbocycles. The Bertz CT molecular complexity index is 836. The minimum Gasteiger partial charge on any atom is -0.352 e. The van der Waals surface area contributed by atoms with Gasteiger partial charge in [-0.1, -0.05) is 12.1 Å². The van der Waals surface area contributed by atoms with Gasteiger partial charge in [-0.3, -0.25) is 4.79 Å². The molecular formula is C23H27F3N2O. The smallest absolute Gasteiger partial charge is 0.298 e. The second-order valence-electron chi connectivity index (χ2n) is 7.97. The molecule has 1 amide bonds. The first-order valence-corrected chi connectivity index (χ1v) is 10.0. The quantitative estimate of drug-likeness (QED) is 0.749. The second-order valence-corrected chi connectivity index (χ2v) is 7.97. The Balaban J connectivity index is 1.67. The number of piperidine rings is 1. The zero-order chi connectivity index (χ0) is 21.0. The second kappa shape index (κ2) is 8.99. The van der Waals surface area contributed by atoms with Crippen LogP contribution in [0.15, 0.2) is 48.5 Å². The van der Waals surface area contributed by atoms with E-state index in [2.05, 4.69) is 24.1 Å². The van der Waals surface area contributed by atoms with Gasteiger partial charge < -0.3 is 10.2 Å². The van der Waals surface area contributed by atoms with Crippen LogP contribution in [0.25, 0.3) is 0 Å². The Hall–Kier alpha value is -2.34. The maximum absolute atomic E-state index is 14.8. The zero-order valence-electron chi connectivity index (χ0n) is 16.8. The number of alkyl halides is 2. The number of benzene rings is 2. The molecule has 6 heteroatoms. The minimum absolute atomic E-state index is 0.195. The minimum atomic E-state index is -3.31. The van der Waals surface area contributed by atoms with E-state index in [1.807, 2.05) is 0 Å². The van der Waals surface area contributed by atoms with Gasteiger partial charge >= 0.3 is 0 Å². The molecule has 2 aromatic rings. The highest BCUT2D eigenvalue weighted by Crippen LogP contribution is 2.36. The summed E-state index contributed by atoms with van der Waals surface area (Å²) in [6, 6.07) is 10.1. The molecule has 0 saturated carbocycles. The van der Waals surface area contributed by atoms with Gasteiger partial charge in [-0.15, -0.1) is 0 Å². The topological polar surface area (TPSA) is 32.3 Å². The van der Waals surface area contributed by atoms with E-state index in [9.17, 15) is 18.0 Å². The fourth-order valence-corrected chi connectivity index (χ4v) is 3.75. The van der Waals surface area contributed by atoms with Crippen LogP contribution in [0.3, 0.4) is 0 Å². The van der Waals surface area contributed by atoms with Crippen LogP contribution in [-0.2, 0) is 5.92 Å². The lowest BCUT2D eigenvalue weighted by Crippen LogP contribution is -2.43. The molecule has 1 saturated heterocycles. The third-order valence-corrected chi connectivity index (χ3v) is 5.53. The van der Waals surface area contributed by atoms with E-state index in [0.717, 1.165) is 50.2 Å². The van der Waals surface area contributed by atoms with Gasteiger partial charge in [-0.25, -0.2) is 4.39 Å². The monoisotopic (exact) mass is 404 g/mol. The van der Waals surface area contributed by atoms with Crippen molar-refractivity contribution in [2.75, 3.05) is 19.6 Å². The van der Waals surface area contributed by atoms with Crippen molar-refractivity contribution >= 4 is 5.91 Å². The number of carbonyl (C=O) groups excluding carboxylic acids is 1. The molecule has 3 nitrogen and oxygen atoms in total. The SMILES string of the molecule is CC(C)N1CCCC(CNC(=O)c2cccc(C(F)(F)c3ccc(F)cc3)c2)C1. The summed E-state index contributed by atoms with van der Waals surface area (Å²) in [5, 5.41) is 2.89. The van der Waals surface area contributed by atoms with Gasteiger partial charge in [0.2, 0.25) is 0 Å². The third kappa shape index (κ3) is 5.18. The molecule has 0 spiro atoms. The van der Waals surface area contributed by atoms with Gasteiger partial charge in [0, 0.05) is 35.8 Å². The predicted octanol–water partition coefficient (Wildman–Crippen LogP) is 4.82. The molecule has 2 aromatic carbocycles. The highest BCUT2D eigenvalue weighted by molar-refractivity contribution is 5.94. The lowest BCUT2D eigenvalue weighted by Gasteiger charge is -2.35. The number of amides is 1. The van der Waals surface area contributed by atoms with E-state index >= 15 is 0 Å². The van der Waals surface area contributed by atoms with Gasteiger partial charge in [-0.2, -0.15) is 8.78 Å². The summed E-state index contributed by atoms with van der Waals surface area (Å²) in [5.74, 6) is -3.88. The standard InChI is InChI=1S/C23H27F3N2O/c1-16(2)28-12-4-5-17(15-28)14-27-22(29)18-6-3-7-20(13-18)23(25,26)19-8-10-21(24)11-9-19/h3,6-11,13,16-17H,4-5,12,14-15H2,1-2H3,(H,27,29). The van der Waals surface area contributed by atoms with Crippen LogP contribution in [0.5, 0.6) is 0 Å². The number of hydrogen-bond acceptors (Lipinski definition) is 2. The van der Waals surface area contributed by atoms with E-state index in [1.54, 1.807) is 0 Å². The third-order valence-electron chi connectivity index (χ3n) is 5.53. The molecule has 3 rings (SSSR count). The molecule has 1 N–H and O–H groups in total. The molecule has 0 aromatic heterocycles. The van der Waals surface area contributed by atoms with Crippen molar-refractivity contribution in [3.63, 3.8) is 0 Å². The first-order valence-electron chi connectivity index (χ1n) is 10.0. The number of hydrogen-bond donors (Lipinski definition) is 1. The van der Waals surface area contributed by atoms with Gasteiger partial charge in [0.1, 0.15) is 5.82 Å². The highest BCUT2D eigenvalue weighted by atomic mass is 19.3. The molecule has 1 heterocycles. The lowest BCUT2D eigenvalue weighted by molar-refractivity contribution is 0.0427. The van der Waals surface area contributed by atoms with E-state index in [-0.39, 0.29) is 22.6 Å². The molecule has 1 aliphatic rings. The van der Waals surface area contributed by atoms with Crippen molar-refractivity contribution in [1.29, 1.82) is 0 Å². The Morgan fingerprint density at radius 1 is 1.17 bits per heavy atom. The average molecular weight is 404 g/mol. The summed E-state index contributed by atoms with van der Waals surface area (Å²) in [6.07, 6.45) is 2.14. The van der Waals surface area contributed by atoms with Crippen molar-refractivity contribution in [2.24, 2.45) is 5.92 Å². The maximum atomic E-state index is 14.8. The average Bonchev–Trinajstić information content (AvgIpc) is 2.72. The van der Waals surface area contributed by atoms with Gasteiger partial charge in [-0.05, 0) is 75.5 Å². The molecule has 156 valence electrons. The molecule has 1 unspecified atom stereocenters. The summed E-state index contributed by atoms with van der Waals surface area (Å²) < 4.78 is 42.7. The number of likely N-dealkylation sites (tertiary alicyclic amines) is 1. The number of nitrogens with one attached hydrogen (secondary N) is 1. The van der Waals surface area contributed by atoms with Crippen LogP contribution in [0.2, 0.25) is 0 Å².